The molecule has 1 aromatic heterocycles. The third-order valence-corrected chi connectivity index (χ3v) is 6.39. The van der Waals surface area contributed by atoms with Gasteiger partial charge in [-0.05, 0) is 62.7 Å². The van der Waals surface area contributed by atoms with Crippen molar-refractivity contribution in [3.63, 3.8) is 0 Å². The number of hydrogen-bond donors (Lipinski definition) is 1. The number of carbonyl (C=O) groups is 1. The molecule has 2 aromatic rings. The molecule has 0 saturated carbocycles. The Balaban J connectivity index is 0.00000210. The Morgan fingerprint density at radius 3 is 2.67 bits per heavy atom. The van der Waals surface area contributed by atoms with Crippen molar-refractivity contribution in [1.82, 2.24) is 9.88 Å². The molecule has 0 unspecified atom stereocenters. The lowest BCUT2D eigenvalue weighted by Crippen LogP contribution is -2.50. The minimum Gasteiger partial charge on any atom is -0.449 e. The maximum Gasteiger partial charge on any atom is 0.412 e. The van der Waals surface area contributed by atoms with Crippen molar-refractivity contribution in [3.8, 4) is 10.4 Å². The lowest BCUT2D eigenvalue weighted by Gasteiger charge is -2.47. The van der Waals surface area contributed by atoms with Crippen LogP contribution in [0, 0.1) is 11.2 Å². The van der Waals surface area contributed by atoms with Crippen molar-refractivity contribution in [2.45, 2.75) is 19.3 Å². The normalized spacial score (nSPS) is 23.6. The first kappa shape index (κ1) is 20.3. The molecule has 1 N–H and O–H groups in total. The molecule has 0 radical (unpaired) electrons. The molecule has 0 atom stereocenters. The molecule has 27 heavy (non-hydrogen) atoms. The van der Waals surface area contributed by atoms with E-state index >= 15 is 0 Å². The summed E-state index contributed by atoms with van der Waals surface area (Å²) in [7, 11) is 0. The lowest BCUT2D eigenvalue weighted by molar-refractivity contribution is -0.0190. The van der Waals surface area contributed by atoms with E-state index in [9.17, 15) is 9.18 Å². The van der Waals surface area contributed by atoms with Gasteiger partial charge in [-0.2, -0.15) is 0 Å². The van der Waals surface area contributed by atoms with Crippen LogP contribution in [0.1, 0.15) is 19.3 Å². The smallest absolute Gasteiger partial charge is 0.412 e. The predicted molar refractivity (Wildman–Crippen MR) is 107 cm³/mol. The number of hydrogen-bond acceptors (Lipinski definition) is 5. The lowest BCUT2D eigenvalue weighted by atomic mass is 9.73. The summed E-state index contributed by atoms with van der Waals surface area (Å²) in [5.74, 6) is -0.0743. The first-order valence-electron chi connectivity index (χ1n) is 8.59. The second-order valence-electron chi connectivity index (χ2n) is 6.98. The van der Waals surface area contributed by atoms with Gasteiger partial charge in [-0.25, -0.2) is 14.2 Å². The van der Waals surface area contributed by atoms with Gasteiger partial charge in [0.05, 0.1) is 17.0 Å². The number of fused-ring (bicyclic) bond motifs is 3. The number of amides is 1. The van der Waals surface area contributed by atoms with Crippen molar-refractivity contribution >= 4 is 47.3 Å². The average molecular weight is 432 g/mol. The Labute approximate surface area is 172 Å². The van der Waals surface area contributed by atoms with E-state index in [2.05, 4.69) is 15.2 Å². The van der Waals surface area contributed by atoms with E-state index in [1.165, 1.54) is 23.5 Å². The fourth-order valence-corrected chi connectivity index (χ4v) is 4.64. The molecule has 5 nitrogen and oxygen atoms in total. The molecule has 1 amide bonds. The van der Waals surface area contributed by atoms with Crippen molar-refractivity contribution in [2.75, 3.05) is 31.6 Å². The maximum absolute atomic E-state index is 13.6. The van der Waals surface area contributed by atoms with Gasteiger partial charge in [0.1, 0.15) is 5.82 Å². The van der Waals surface area contributed by atoms with Crippen LogP contribution in [-0.4, -0.2) is 42.2 Å². The second kappa shape index (κ2) is 8.31. The van der Waals surface area contributed by atoms with Crippen LogP contribution in [0.5, 0.6) is 0 Å². The third-order valence-electron chi connectivity index (χ3n) is 5.30. The van der Waals surface area contributed by atoms with Crippen molar-refractivity contribution in [2.24, 2.45) is 5.41 Å². The van der Waals surface area contributed by atoms with E-state index in [0.29, 0.717) is 27.9 Å². The highest BCUT2D eigenvalue weighted by molar-refractivity contribution is 7.13. The zero-order valence-corrected chi connectivity index (χ0v) is 16.9. The van der Waals surface area contributed by atoms with Gasteiger partial charge in [0.25, 0.3) is 0 Å². The van der Waals surface area contributed by atoms with E-state index in [-0.39, 0.29) is 17.8 Å². The number of benzene rings is 1. The summed E-state index contributed by atoms with van der Waals surface area (Å²) >= 11 is 7.23. The van der Waals surface area contributed by atoms with Crippen LogP contribution < -0.4 is 5.32 Å². The zero-order chi connectivity index (χ0) is 18.1. The van der Waals surface area contributed by atoms with Gasteiger partial charge in [0, 0.05) is 10.4 Å². The van der Waals surface area contributed by atoms with Gasteiger partial charge in [-0.1, -0.05) is 11.6 Å². The first-order valence-corrected chi connectivity index (χ1v) is 9.85. The summed E-state index contributed by atoms with van der Waals surface area (Å²) in [4.78, 5) is 19.5. The molecule has 3 aliphatic heterocycles. The number of thiazole rings is 1. The number of aromatic nitrogens is 1. The molecule has 3 aliphatic rings. The Morgan fingerprint density at radius 2 is 2.00 bits per heavy atom. The van der Waals surface area contributed by atoms with Gasteiger partial charge in [-0.3, -0.25) is 5.32 Å². The first-order chi connectivity index (χ1) is 12.5. The second-order valence-corrected chi connectivity index (χ2v) is 8.27. The Morgan fingerprint density at radius 1 is 1.30 bits per heavy atom. The standard InChI is InChI=1S/C18H19ClFN3O2S.ClH/c19-13-7-12(8-14(20)9-13)15-16(21-11-26-15)22-17(24)25-10-18-1-4-23(5-2-18)6-3-18;/h7-9,11H,1-6,10H2,(H,22,24);1H. The molecule has 4 heterocycles. The van der Waals surface area contributed by atoms with Crippen LogP contribution in [0.2, 0.25) is 5.02 Å². The van der Waals surface area contributed by atoms with Crippen LogP contribution in [0.4, 0.5) is 15.0 Å². The molecule has 9 heteroatoms. The fourth-order valence-electron chi connectivity index (χ4n) is 3.69. The van der Waals surface area contributed by atoms with Crippen molar-refractivity contribution in [1.29, 1.82) is 0 Å². The molecular formula is C18H20Cl2FN3O2S. The van der Waals surface area contributed by atoms with E-state index in [4.69, 9.17) is 16.3 Å². The Bertz CT molecular complexity index is 791. The van der Waals surface area contributed by atoms with Crippen molar-refractivity contribution in [3.05, 3.63) is 34.5 Å². The summed E-state index contributed by atoms with van der Waals surface area (Å²) < 4.78 is 19.1. The van der Waals surface area contributed by atoms with Crippen LogP contribution in [0.3, 0.4) is 0 Å². The molecule has 0 aliphatic carbocycles. The monoisotopic (exact) mass is 431 g/mol. The van der Waals surface area contributed by atoms with E-state index in [0.717, 1.165) is 38.9 Å². The molecule has 3 fully saturated rings. The highest BCUT2D eigenvalue weighted by Gasteiger charge is 2.40. The minimum atomic E-state index is -0.526. The fraction of sp³-hybridized carbons (Fsp3) is 0.444. The van der Waals surface area contributed by atoms with E-state index in [1.807, 2.05) is 0 Å². The van der Waals surface area contributed by atoms with E-state index < -0.39 is 11.9 Å². The van der Waals surface area contributed by atoms with E-state index in [1.54, 1.807) is 11.6 Å². The summed E-state index contributed by atoms with van der Waals surface area (Å²) in [5, 5.41) is 2.98. The van der Waals surface area contributed by atoms with Crippen molar-refractivity contribution < 1.29 is 13.9 Å². The van der Waals surface area contributed by atoms with Crippen LogP contribution in [-0.2, 0) is 4.74 Å². The number of carbonyl (C=O) groups excluding carboxylic acids is 1. The number of ether oxygens (including phenoxy) is 1. The number of rotatable bonds is 4. The highest BCUT2D eigenvalue weighted by Crippen LogP contribution is 2.40. The third kappa shape index (κ3) is 4.54. The average Bonchev–Trinajstić information content (AvgIpc) is 3.09. The Hall–Kier alpha value is -1.41. The van der Waals surface area contributed by atoms with Crippen LogP contribution in [0.15, 0.2) is 23.7 Å². The van der Waals surface area contributed by atoms with Crippen LogP contribution in [0.25, 0.3) is 10.4 Å². The topological polar surface area (TPSA) is 54.5 Å². The van der Waals surface area contributed by atoms with Gasteiger partial charge in [-0.15, -0.1) is 23.7 Å². The molecule has 0 spiro atoms. The molecule has 1 aromatic carbocycles. The van der Waals surface area contributed by atoms with Gasteiger partial charge < -0.3 is 9.64 Å². The van der Waals surface area contributed by atoms with Gasteiger partial charge in [0.2, 0.25) is 0 Å². The molecule has 3 saturated heterocycles. The summed E-state index contributed by atoms with van der Waals surface area (Å²) in [6.07, 6.45) is 2.69. The SMILES string of the molecule is Cl.O=C(Nc1ncsc1-c1cc(F)cc(Cl)c1)OCC12CCN(CC1)CC2. The number of nitrogens with one attached hydrogen (secondary N) is 1. The number of nitrogens with zero attached hydrogens (tertiary/aromatic N) is 2. The van der Waals surface area contributed by atoms with Crippen LogP contribution >= 0.6 is 35.3 Å². The number of halogens is 3. The largest absolute Gasteiger partial charge is 0.449 e. The summed E-state index contributed by atoms with van der Waals surface area (Å²) in [5.41, 5.74) is 2.29. The Kier molecular flexibility index (Phi) is 6.25. The predicted octanol–water partition coefficient (Wildman–Crippen LogP) is 5.06. The van der Waals surface area contributed by atoms with Gasteiger partial charge >= 0.3 is 6.09 Å². The highest BCUT2D eigenvalue weighted by atomic mass is 35.5. The summed E-state index contributed by atoms with van der Waals surface area (Å²) in [6, 6.07) is 4.25. The zero-order valence-electron chi connectivity index (χ0n) is 14.5. The summed E-state index contributed by atoms with van der Waals surface area (Å²) in [6.45, 7) is 3.68. The molecule has 2 bridgehead atoms. The molecule has 5 rings (SSSR count). The molecular weight excluding hydrogens is 412 g/mol. The minimum absolute atomic E-state index is 0. The number of anilines is 1. The van der Waals surface area contributed by atoms with Gasteiger partial charge in [0.15, 0.2) is 5.82 Å². The maximum atomic E-state index is 13.6. The quantitative estimate of drug-likeness (QED) is 0.734. The molecule has 146 valence electrons. The number of piperidine rings is 3.